The minimum Gasteiger partial charge on any atom is -0.370 e. The second kappa shape index (κ2) is 6.17. The Labute approximate surface area is 113 Å². The lowest BCUT2D eigenvalue weighted by Crippen LogP contribution is -2.53. The van der Waals surface area contributed by atoms with Gasteiger partial charge in [0.1, 0.15) is 0 Å². The summed E-state index contributed by atoms with van der Waals surface area (Å²) in [6.45, 7) is 5.96. The first-order valence-corrected chi connectivity index (χ1v) is 6.13. The Hall–Kier alpha value is -2.11. The molecule has 0 saturated heterocycles. The molecule has 4 N–H and O–H groups in total. The maximum Gasteiger partial charge on any atom is 0.324 e. The Bertz CT molecular complexity index is 438. The van der Waals surface area contributed by atoms with E-state index in [0.717, 1.165) is 5.69 Å². The summed E-state index contributed by atoms with van der Waals surface area (Å²) in [6.07, 6.45) is 2.25. The van der Waals surface area contributed by atoms with Gasteiger partial charge in [-0.3, -0.25) is 15.3 Å². The summed E-state index contributed by atoms with van der Waals surface area (Å²) in [5.74, 6) is -0.266. The number of aromatic nitrogens is 1. The molecule has 0 radical (unpaired) electrons. The van der Waals surface area contributed by atoms with Crippen LogP contribution < -0.4 is 11.1 Å². The normalized spacial score (nSPS) is 10.9. The molecule has 6 heteroatoms. The van der Waals surface area contributed by atoms with Crippen LogP contribution in [0.25, 0.3) is 0 Å². The molecule has 1 aromatic heterocycles. The van der Waals surface area contributed by atoms with Crippen LogP contribution in [0, 0.1) is 5.41 Å². The van der Waals surface area contributed by atoms with Crippen molar-refractivity contribution in [2.24, 2.45) is 5.73 Å². The molecule has 0 aromatic carbocycles. The van der Waals surface area contributed by atoms with Crippen molar-refractivity contribution in [2.45, 2.75) is 32.7 Å². The first-order valence-electron chi connectivity index (χ1n) is 6.13. The lowest BCUT2D eigenvalue weighted by atomic mass is 10.1. The van der Waals surface area contributed by atoms with E-state index in [0.29, 0.717) is 13.0 Å². The van der Waals surface area contributed by atoms with Crippen molar-refractivity contribution >= 4 is 12.0 Å². The number of carbonyl (C=O) groups is 1. The fraction of sp³-hybridized carbons (Fsp3) is 0.462. The van der Waals surface area contributed by atoms with Crippen molar-refractivity contribution in [3.05, 3.63) is 30.1 Å². The van der Waals surface area contributed by atoms with Crippen molar-refractivity contribution in [1.82, 2.24) is 15.2 Å². The van der Waals surface area contributed by atoms with Gasteiger partial charge in [0, 0.05) is 30.4 Å². The Morgan fingerprint density at radius 1 is 1.47 bits per heavy atom. The third-order valence-electron chi connectivity index (χ3n) is 2.34. The summed E-state index contributed by atoms with van der Waals surface area (Å²) in [5, 5.41) is 10.3. The number of amides is 2. The molecule has 104 valence electrons. The molecule has 0 aliphatic heterocycles. The van der Waals surface area contributed by atoms with Gasteiger partial charge >= 0.3 is 6.03 Å². The Balaban J connectivity index is 2.64. The van der Waals surface area contributed by atoms with Gasteiger partial charge in [0.25, 0.3) is 0 Å². The van der Waals surface area contributed by atoms with Crippen LogP contribution in [0.4, 0.5) is 4.79 Å². The molecule has 0 atom stereocenters. The van der Waals surface area contributed by atoms with E-state index < -0.39 is 0 Å². The summed E-state index contributed by atoms with van der Waals surface area (Å²) >= 11 is 0. The van der Waals surface area contributed by atoms with Crippen molar-refractivity contribution < 1.29 is 4.79 Å². The SMILES string of the molecule is CC(C)(C)NC(=O)N(CCc1ccccn1)C(=N)N. The summed E-state index contributed by atoms with van der Waals surface area (Å²) in [7, 11) is 0. The number of nitrogens with one attached hydrogen (secondary N) is 2. The fourth-order valence-corrected chi connectivity index (χ4v) is 1.49. The van der Waals surface area contributed by atoms with Gasteiger partial charge < -0.3 is 11.1 Å². The quantitative estimate of drug-likeness (QED) is 0.567. The topological polar surface area (TPSA) is 95.1 Å². The van der Waals surface area contributed by atoms with Gasteiger partial charge in [-0.25, -0.2) is 4.79 Å². The largest absolute Gasteiger partial charge is 0.370 e. The molecular weight excluding hydrogens is 242 g/mol. The molecule has 0 unspecified atom stereocenters. The van der Waals surface area contributed by atoms with Crippen LogP contribution in [0.15, 0.2) is 24.4 Å². The van der Waals surface area contributed by atoms with Gasteiger partial charge in [-0.1, -0.05) is 6.07 Å². The van der Waals surface area contributed by atoms with Gasteiger partial charge in [0.15, 0.2) is 5.96 Å². The van der Waals surface area contributed by atoms with Gasteiger partial charge in [0.2, 0.25) is 0 Å². The zero-order chi connectivity index (χ0) is 14.5. The molecule has 2 amide bonds. The van der Waals surface area contributed by atoms with Crippen LogP contribution in [0.5, 0.6) is 0 Å². The molecule has 1 rings (SSSR count). The molecular formula is C13H21N5O. The van der Waals surface area contributed by atoms with E-state index >= 15 is 0 Å². The second-order valence-electron chi connectivity index (χ2n) is 5.29. The average molecular weight is 263 g/mol. The Morgan fingerprint density at radius 2 is 2.16 bits per heavy atom. The van der Waals surface area contributed by atoms with Crippen molar-refractivity contribution in [3.8, 4) is 0 Å². The maximum atomic E-state index is 12.0. The molecule has 0 aliphatic carbocycles. The average Bonchev–Trinajstić information content (AvgIpc) is 2.27. The number of hydrogen-bond acceptors (Lipinski definition) is 3. The lowest BCUT2D eigenvalue weighted by molar-refractivity contribution is 0.211. The smallest absolute Gasteiger partial charge is 0.324 e. The van der Waals surface area contributed by atoms with Crippen molar-refractivity contribution in [3.63, 3.8) is 0 Å². The molecule has 19 heavy (non-hydrogen) atoms. The second-order valence-corrected chi connectivity index (χ2v) is 5.29. The number of nitrogens with two attached hydrogens (primary N) is 1. The van der Waals surface area contributed by atoms with Gasteiger partial charge in [-0.15, -0.1) is 0 Å². The van der Waals surface area contributed by atoms with E-state index in [1.807, 2.05) is 39.0 Å². The summed E-state index contributed by atoms with van der Waals surface area (Å²) in [5.41, 5.74) is 5.94. The highest BCUT2D eigenvalue weighted by Gasteiger charge is 2.21. The molecule has 0 fully saturated rings. The maximum absolute atomic E-state index is 12.0. The van der Waals surface area contributed by atoms with E-state index in [2.05, 4.69) is 10.3 Å². The van der Waals surface area contributed by atoms with Crippen LogP contribution in [-0.2, 0) is 6.42 Å². The third kappa shape index (κ3) is 5.37. The first kappa shape index (κ1) is 14.9. The molecule has 0 spiro atoms. The van der Waals surface area contributed by atoms with E-state index in [-0.39, 0.29) is 17.5 Å². The highest BCUT2D eigenvalue weighted by Crippen LogP contribution is 2.03. The van der Waals surface area contributed by atoms with Gasteiger partial charge in [-0.05, 0) is 32.9 Å². The number of guanidine groups is 1. The molecule has 1 heterocycles. The number of rotatable bonds is 3. The van der Waals surface area contributed by atoms with Crippen LogP contribution in [0.3, 0.4) is 0 Å². The minimum atomic E-state index is -0.365. The van der Waals surface area contributed by atoms with Gasteiger partial charge in [0.05, 0.1) is 0 Å². The monoisotopic (exact) mass is 263 g/mol. The van der Waals surface area contributed by atoms with E-state index in [9.17, 15) is 4.79 Å². The molecule has 0 aliphatic rings. The van der Waals surface area contributed by atoms with E-state index in [1.165, 1.54) is 4.90 Å². The number of carbonyl (C=O) groups excluding carboxylic acids is 1. The first-order chi connectivity index (χ1) is 8.79. The summed E-state index contributed by atoms with van der Waals surface area (Å²) < 4.78 is 0. The van der Waals surface area contributed by atoms with E-state index in [1.54, 1.807) is 6.20 Å². The predicted octanol–water partition coefficient (Wildman–Crippen LogP) is 1.33. The number of nitrogens with zero attached hydrogens (tertiary/aromatic N) is 2. The zero-order valence-corrected chi connectivity index (χ0v) is 11.6. The number of hydrogen-bond donors (Lipinski definition) is 3. The van der Waals surface area contributed by atoms with Crippen LogP contribution in [0.2, 0.25) is 0 Å². The molecule has 0 bridgehead atoms. The number of urea groups is 1. The highest BCUT2D eigenvalue weighted by atomic mass is 16.2. The standard InChI is InChI=1S/C13H21N5O/c1-13(2,3)17-12(19)18(11(14)15)9-7-10-6-4-5-8-16-10/h4-6,8H,7,9H2,1-3H3,(H3,14,15)(H,17,19). The molecule has 6 nitrogen and oxygen atoms in total. The molecule has 1 aromatic rings. The zero-order valence-electron chi connectivity index (χ0n) is 11.6. The highest BCUT2D eigenvalue weighted by molar-refractivity contribution is 5.94. The van der Waals surface area contributed by atoms with Crippen LogP contribution in [0.1, 0.15) is 26.5 Å². The minimum absolute atomic E-state index is 0.266. The van der Waals surface area contributed by atoms with E-state index in [4.69, 9.17) is 11.1 Å². The summed E-state index contributed by atoms with van der Waals surface area (Å²) in [4.78, 5) is 17.4. The lowest BCUT2D eigenvalue weighted by Gasteiger charge is -2.27. The van der Waals surface area contributed by atoms with Crippen LogP contribution in [-0.4, -0.2) is 34.0 Å². The third-order valence-corrected chi connectivity index (χ3v) is 2.34. The van der Waals surface area contributed by atoms with Crippen molar-refractivity contribution in [2.75, 3.05) is 6.54 Å². The summed E-state index contributed by atoms with van der Waals surface area (Å²) in [6, 6.07) is 5.23. The van der Waals surface area contributed by atoms with Crippen molar-refractivity contribution in [1.29, 1.82) is 5.41 Å². The Morgan fingerprint density at radius 3 is 2.63 bits per heavy atom. The van der Waals surface area contributed by atoms with Gasteiger partial charge in [-0.2, -0.15) is 0 Å². The predicted molar refractivity (Wildman–Crippen MR) is 74.8 cm³/mol. The fourth-order valence-electron chi connectivity index (χ4n) is 1.49. The molecule has 0 saturated carbocycles. The number of pyridine rings is 1. The Kier molecular flexibility index (Phi) is 4.86. The van der Waals surface area contributed by atoms with Crippen LogP contribution >= 0.6 is 0 Å².